The van der Waals surface area contributed by atoms with Crippen LogP contribution in [-0.2, 0) is 4.79 Å². The normalized spacial score (nSPS) is 34.7. The van der Waals surface area contributed by atoms with E-state index in [1.807, 2.05) is 28.4 Å². The largest absolute Gasteiger partial charge is 0.325 e. The molecule has 0 radical (unpaired) electrons. The lowest BCUT2D eigenvalue weighted by atomic mass is 10.1. The van der Waals surface area contributed by atoms with E-state index in [2.05, 4.69) is 26.1 Å². The van der Waals surface area contributed by atoms with Gasteiger partial charge in [0.15, 0.2) is 0 Å². The maximum Gasteiger partial charge on any atom is 0.241 e. The Morgan fingerprint density at radius 1 is 1.47 bits per heavy atom. The maximum atomic E-state index is 12.3. The molecule has 1 N–H and O–H groups in total. The molecule has 0 aromatic carbocycles. The van der Waals surface area contributed by atoms with Gasteiger partial charge in [0, 0.05) is 29.1 Å². The van der Waals surface area contributed by atoms with Crippen LogP contribution in [0.25, 0.3) is 0 Å². The average molecular weight is 274 g/mol. The smallest absolute Gasteiger partial charge is 0.241 e. The van der Waals surface area contributed by atoms with E-state index in [0.29, 0.717) is 17.1 Å². The van der Waals surface area contributed by atoms with Crippen LogP contribution in [0.3, 0.4) is 0 Å². The molecule has 5 heteroatoms. The first-order valence-corrected chi connectivity index (χ1v) is 8.56. The Hall–Kier alpha value is 0.130. The van der Waals surface area contributed by atoms with Crippen molar-refractivity contribution >= 4 is 29.4 Å². The summed E-state index contributed by atoms with van der Waals surface area (Å²) in [6.45, 7) is 7.22. The van der Waals surface area contributed by atoms with E-state index >= 15 is 0 Å². The van der Waals surface area contributed by atoms with E-state index < -0.39 is 0 Å². The first-order valence-electron chi connectivity index (χ1n) is 6.35. The second-order valence-electron chi connectivity index (χ2n) is 5.12. The minimum Gasteiger partial charge on any atom is -0.325 e. The second-order valence-corrected chi connectivity index (χ2v) is 7.68. The number of nitrogens with zero attached hydrogens (tertiary/aromatic N) is 1. The number of rotatable bonds is 3. The summed E-state index contributed by atoms with van der Waals surface area (Å²) in [5.41, 5.74) is 0. The molecule has 3 atom stereocenters. The molecule has 2 heterocycles. The van der Waals surface area contributed by atoms with Crippen LogP contribution in [0.4, 0.5) is 0 Å². The third kappa shape index (κ3) is 3.12. The van der Waals surface area contributed by atoms with Crippen molar-refractivity contribution in [2.24, 2.45) is 5.92 Å². The van der Waals surface area contributed by atoms with Gasteiger partial charge in [0.2, 0.25) is 5.91 Å². The number of nitrogens with one attached hydrogen (secondary N) is 1. The molecule has 2 fully saturated rings. The highest BCUT2D eigenvalue weighted by atomic mass is 32.2. The number of hydrogen-bond acceptors (Lipinski definition) is 4. The highest BCUT2D eigenvalue weighted by Gasteiger charge is 2.38. The molecule has 3 nitrogen and oxygen atoms in total. The Bertz CT molecular complexity index is 280. The molecule has 0 bridgehead atoms. The van der Waals surface area contributed by atoms with Gasteiger partial charge in [0.1, 0.15) is 0 Å². The molecule has 0 spiro atoms. The summed E-state index contributed by atoms with van der Waals surface area (Å²) >= 11 is 4.04. The fourth-order valence-electron chi connectivity index (χ4n) is 2.38. The summed E-state index contributed by atoms with van der Waals surface area (Å²) in [7, 11) is 0. The van der Waals surface area contributed by atoms with E-state index in [-0.39, 0.29) is 12.2 Å². The van der Waals surface area contributed by atoms with Crippen molar-refractivity contribution in [3.8, 4) is 0 Å². The van der Waals surface area contributed by atoms with Gasteiger partial charge in [-0.25, -0.2) is 0 Å². The number of thioether (sulfide) groups is 2. The summed E-state index contributed by atoms with van der Waals surface area (Å²) < 4.78 is 0. The van der Waals surface area contributed by atoms with Crippen molar-refractivity contribution in [3.05, 3.63) is 0 Å². The zero-order valence-corrected chi connectivity index (χ0v) is 12.4. The molecule has 0 saturated carbocycles. The zero-order chi connectivity index (χ0) is 12.4. The molecule has 1 amide bonds. The molecule has 2 aliphatic rings. The monoisotopic (exact) mass is 274 g/mol. The molecule has 0 aliphatic carbocycles. The highest BCUT2D eigenvalue weighted by molar-refractivity contribution is 8.06. The standard InChI is InChI=1S/C12H22N2OS2/c1-8(2)11-12(15)14(9(3)13-11)6-10-7-16-4-5-17-10/h8-11,13H,4-7H2,1-3H3. The summed E-state index contributed by atoms with van der Waals surface area (Å²) in [6, 6.07) is 0.0197. The number of carbonyl (C=O) groups excluding carboxylic acids is 1. The van der Waals surface area contributed by atoms with Gasteiger partial charge in [0.05, 0.1) is 12.2 Å². The highest BCUT2D eigenvalue weighted by Crippen LogP contribution is 2.27. The van der Waals surface area contributed by atoms with Gasteiger partial charge in [-0.05, 0) is 12.8 Å². The second kappa shape index (κ2) is 5.85. The third-order valence-electron chi connectivity index (χ3n) is 3.39. The van der Waals surface area contributed by atoms with Crippen molar-refractivity contribution in [1.82, 2.24) is 10.2 Å². The van der Waals surface area contributed by atoms with Gasteiger partial charge in [-0.3, -0.25) is 10.1 Å². The minimum atomic E-state index is 0.0197. The first-order chi connectivity index (χ1) is 8.09. The lowest BCUT2D eigenvalue weighted by molar-refractivity contribution is -0.130. The Kier molecular flexibility index (Phi) is 4.66. The van der Waals surface area contributed by atoms with E-state index in [0.717, 1.165) is 6.54 Å². The van der Waals surface area contributed by atoms with Crippen molar-refractivity contribution < 1.29 is 4.79 Å². The van der Waals surface area contributed by atoms with Crippen LogP contribution in [-0.4, -0.2) is 52.1 Å². The number of carbonyl (C=O) groups is 1. The average Bonchev–Trinajstić information content (AvgIpc) is 2.58. The number of amides is 1. The first kappa shape index (κ1) is 13.6. The predicted octanol–water partition coefficient (Wildman–Crippen LogP) is 1.64. The molecule has 98 valence electrons. The van der Waals surface area contributed by atoms with Crippen LogP contribution in [0.2, 0.25) is 0 Å². The molecule has 17 heavy (non-hydrogen) atoms. The zero-order valence-electron chi connectivity index (χ0n) is 10.8. The summed E-state index contributed by atoms with van der Waals surface area (Å²) in [5, 5.41) is 4.02. The van der Waals surface area contributed by atoms with Crippen LogP contribution in [0.5, 0.6) is 0 Å². The number of hydrogen-bond donors (Lipinski definition) is 1. The van der Waals surface area contributed by atoms with Crippen molar-refractivity contribution in [2.75, 3.05) is 23.8 Å². The Balaban J connectivity index is 1.93. The molecular weight excluding hydrogens is 252 g/mol. The van der Waals surface area contributed by atoms with Crippen LogP contribution in [0.15, 0.2) is 0 Å². The quantitative estimate of drug-likeness (QED) is 0.848. The van der Waals surface area contributed by atoms with Crippen LogP contribution in [0, 0.1) is 5.92 Å². The molecule has 3 unspecified atom stereocenters. The molecule has 2 aliphatic heterocycles. The predicted molar refractivity (Wildman–Crippen MR) is 76.5 cm³/mol. The van der Waals surface area contributed by atoms with Gasteiger partial charge in [0.25, 0.3) is 0 Å². The van der Waals surface area contributed by atoms with Crippen LogP contribution in [0.1, 0.15) is 20.8 Å². The van der Waals surface area contributed by atoms with E-state index in [1.165, 1.54) is 17.3 Å². The summed E-state index contributed by atoms with van der Waals surface area (Å²) in [4.78, 5) is 14.3. The topological polar surface area (TPSA) is 32.3 Å². The molecule has 0 aromatic rings. The van der Waals surface area contributed by atoms with Gasteiger partial charge in [-0.2, -0.15) is 23.5 Å². The molecular formula is C12H22N2OS2. The van der Waals surface area contributed by atoms with Gasteiger partial charge in [-0.15, -0.1) is 0 Å². The van der Waals surface area contributed by atoms with Gasteiger partial charge >= 0.3 is 0 Å². The third-order valence-corrected chi connectivity index (χ3v) is 6.22. The van der Waals surface area contributed by atoms with Crippen LogP contribution >= 0.6 is 23.5 Å². The summed E-state index contributed by atoms with van der Waals surface area (Å²) in [6.07, 6.45) is 0.197. The Labute approximate surface area is 112 Å². The fraction of sp³-hybridized carbons (Fsp3) is 0.917. The van der Waals surface area contributed by atoms with E-state index in [4.69, 9.17) is 0 Å². The molecule has 0 aromatic heterocycles. The van der Waals surface area contributed by atoms with Crippen molar-refractivity contribution in [1.29, 1.82) is 0 Å². The van der Waals surface area contributed by atoms with Crippen LogP contribution < -0.4 is 5.32 Å². The SMILES string of the molecule is CC(C)C1NC(C)N(CC2CSCCS2)C1=O. The van der Waals surface area contributed by atoms with E-state index in [9.17, 15) is 4.79 Å². The lowest BCUT2D eigenvalue weighted by Crippen LogP contribution is -2.41. The minimum absolute atomic E-state index is 0.0197. The lowest BCUT2D eigenvalue weighted by Gasteiger charge is -2.28. The summed E-state index contributed by atoms with van der Waals surface area (Å²) in [5.74, 6) is 4.35. The van der Waals surface area contributed by atoms with Gasteiger partial charge in [-0.1, -0.05) is 13.8 Å². The Morgan fingerprint density at radius 3 is 2.76 bits per heavy atom. The maximum absolute atomic E-state index is 12.3. The fourth-order valence-corrected chi connectivity index (χ4v) is 5.04. The van der Waals surface area contributed by atoms with Crippen molar-refractivity contribution in [3.63, 3.8) is 0 Å². The molecule has 2 saturated heterocycles. The van der Waals surface area contributed by atoms with Crippen molar-refractivity contribution in [2.45, 2.75) is 38.2 Å². The van der Waals surface area contributed by atoms with Gasteiger partial charge < -0.3 is 4.90 Å². The Morgan fingerprint density at radius 2 is 2.24 bits per heavy atom. The molecule has 2 rings (SSSR count). The van der Waals surface area contributed by atoms with E-state index in [1.54, 1.807) is 0 Å².